The van der Waals surface area contributed by atoms with Crippen molar-refractivity contribution in [2.45, 2.75) is 18.2 Å². The van der Waals surface area contributed by atoms with Crippen molar-refractivity contribution < 1.29 is 13.2 Å². The minimum Gasteiger partial charge on any atom is -0.495 e. The Labute approximate surface area is 176 Å². The molecule has 0 bridgehead atoms. The third-order valence-electron chi connectivity index (χ3n) is 4.24. The van der Waals surface area contributed by atoms with Crippen molar-refractivity contribution in [1.29, 1.82) is 0 Å². The molecule has 0 saturated carbocycles. The number of ether oxygens (including phenoxy) is 1. The molecule has 0 amide bonds. The van der Waals surface area contributed by atoms with Gasteiger partial charge >= 0.3 is 0 Å². The molecule has 0 radical (unpaired) electrons. The van der Waals surface area contributed by atoms with Gasteiger partial charge in [-0.2, -0.15) is 0 Å². The van der Waals surface area contributed by atoms with E-state index in [-0.39, 0.29) is 21.5 Å². The predicted octanol–water partition coefficient (Wildman–Crippen LogP) is 5.08. The zero-order valence-corrected chi connectivity index (χ0v) is 18.5. The molecule has 0 aliphatic rings. The number of fused-ring (bicyclic) bond motifs is 1. The summed E-state index contributed by atoms with van der Waals surface area (Å²) in [6.07, 6.45) is 0.531. The first-order chi connectivity index (χ1) is 12.7. The second-order valence-corrected chi connectivity index (χ2v) is 9.45. The average Bonchev–Trinajstić information content (AvgIpc) is 2.91. The molecule has 2 N–H and O–H groups in total. The average molecular weight is 492 g/mol. The summed E-state index contributed by atoms with van der Waals surface area (Å²) in [7, 11) is -2.37. The molecule has 3 rings (SSSR count). The van der Waals surface area contributed by atoms with E-state index < -0.39 is 10.0 Å². The van der Waals surface area contributed by atoms with Crippen molar-refractivity contribution in [1.82, 2.24) is 9.71 Å². The van der Waals surface area contributed by atoms with E-state index in [0.717, 1.165) is 26.6 Å². The van der Waals surface area contributed by atoms with E-state index >= 15 is 0 Å². The molecule has 1 aromatic heterocycles. The van der Waals surface area contributed by atoms with Crippen LogP contribution in [0.25, 0.3) is 10.9 Å². The zero-order valence-electron chi connectivity index (χ0n) is 14.6. The van der Waals surface area contributed by atoms with Crippen molar-refractivity contribution in [3.05, 3.63) is 56.1 Å². The molecule has 5 nitrogen and oxygen atoms in total. The number of aromatic amines is 1. The van der Waals surface area contributed by atoms with Gasteiger partial charge in [-0.25, -0.2) is 13.1 Å². The van der Waals surface area contributed by atoms with Gasteiger partial charge in [0.25, 0.3) is 0 Å². The van der Waals surface area contributed by atoms with Crippen molar-refractivity contribution in [3.8, 4) is 5.75 Å². The molecular weight excluding hydrogens is 475 g/mol. The van der Waals surface area contributed by atoms with E-state index in [1.165, 1.54) is 19.2 Å². The minimum absolute atomic E-state index is 0.0518. The molecule has 0 unspecified atom stereocenters. The van der Waals surface area contributed by atoms with Gasteiger partial charge in [0, 0.05) is 33.7 Å². The highest BCUT2D eigenvalue weighted by atomic mass is 79.9. The number of aryl methyl sites for hydroxylation is 1. The Kier molecular flexibility index (Phi) is 6.08. The number of hydrogen-bond acceptors (Lipinski definition) is 3. The summed E-state index contributed by atoms with van der Waals surface area (Å²) in [5, 5.41) is 1.29. The molecule has 0 atom stereocenters. The van der Waals surface area contributed by atoms with E-state index in [4.69, 9.17) is 27.9 Å². The topological polar surface area (TPSA) is 71.2 Å². The molecule has 0 aliphatic carbocycles. The lowest BCUT2D eigenvalue weighted by molar-refractivity contribution is 0.414. The lowest BCUT2D eigenvalue weighted by Gasteiger charge is -2.11. The van der Waals surface area contributed by atoms with Gasteiger partial charge < -0.3 is 9.72 Å². The van der Waals surface area contributed by atoms with Crippen LogP contribution in [0, 0.1) is 6.92 Å². The Morgan fingerprint density at radius 2 is 1.93 bits per heavy atom. The van der Waals surface area contributed by atoms with E-state index in [0.29, 0.717) is 12.2 Å². The van der Waals surface area contributed by atoms with Gasteiger partial charge in [-0.3, -0.25) is 0 Å². The third kappa shape index (κ3) is 4.27. The second-order valence-electron chi connectivity index (χ2n) is 5.98. The predicted molar refractivity (Wildman–Crippen MR) is 113 cm³/mol. The fraction of sp³-hybridized carbons (Fsp3) is 0.222. The van der Waals surface area contributed by atoms with Crippen molar-refractivity contribution in [2.75, 3.05) is 13.7 Å². The normalized spacial score (nSPS) is 11.9. The molecule has 144 valence electrons. The Bertz CT molecular complexity index is 1110. The second kappa shape index (κ2) is 8.01. The van der Waals surface area contributed by atoms with Crippen molar-refractivity contribution in [2.24, 2.45) is 0 Å². The number of aromatic nitrogens is 1. The van der Waals surface area contributed by atoms with Crippen LogP contribution < -0.4 is 9.46 Å². The van der Waals surface area contributed by atoms with Crippen LogP contribution in [0.15, 0.2) is 39.7 Å². The molecule has 0 spiro atoms. The Morgan fingerprint density at radius 1 is 1.19 bits per heavy atom. The van der Waals surface area contributed by atoms with Crippen molar-refractivity contribution in [3.63, 3.8) is 0 Å². The fourth-order valence-corrected chi connectivity index (χ4v) is 5.18. The van der Waals surface area contributed by atoms with Crippen molar-refractivity contribution >= 4 is 60.1 Å². The SMILES string of the molecule is COc1cc(Cl)c(S(=O)(=O)NCCc2c(C)[nH]c3ccc(Br)cc23)cc1Cl. The number of H-pyrrole nitrogens is 1. The van der Waals surface area contributed by atoms with Gasteiger partial charge in [0.1, 0.15) is 10.6 Å². The molecule has 9 heteroatoms. The number of rotatable bonds is 6. The molecule has 27 heavy (non-hydrogen) atoms. The smallest absolute Gasteiger partial charge is 0.242 e. The van der Waals surface area contributed by atoms with E-state index in [2.05, 4.69) is 25.6 Å². The first kappa shape index (κ1) is 20.5. The first-order valence-electron chi connectivity index (χ1n) is 8.02. The lowest BCUT2D eigenvalue weighted by atomic mass is 10.1. The minimum atomic E-state index is -3.81. The summed E-state index contributed by atoms with van der Waals surface area (Å²) in [5.41, 5.74) is 3.08. The van der Waals surface area contributed by atoms with Gasteiger partial charge in [0.15, 0.2) is 0 Å². The van der Waals surface area contributed by atoms with Crippen LogP contribution in [0.5, 0.6) is 5.75 Å². The third-order valence-corrected chi connectivity index (χ3v) is 6.96. The number of nitrogens with one attached hydrogen (secondary N) is 2. The number of sulfonamides is 1. The zero-order chi connectivity index (χ0) is 19.8. The molecule has 2 aromatic carbocycles. The molecular formula is C18H17BrCl2N2O3S. The maximum Gasteiger partial charge on any atom is 0.242 e. The van der Waals surface area contributed by atoms with Crippen LogP contribution >= 0.6 is 39.1 Å². The maximum atomic E-state index is 12.6. The van der Waals surface area contributed by atoms with E-state index in [1.807, 2.05) is 25.1 Å². The van der Waals surface area contributed by atoms with Crippen LogP contribution in [0.4, 0.5) is 0 Å². The van der Waals surface area contributed by atoms with Gasteiger partial charge in [-0.1, -0.05) is 39.1 Å². The number of hydrogen-bond donors (Lipinski definition) is 2. The van der Waals surface area contributed by atoms with Crippen LogP contribution in [0.1, 0.15) is 11.3 Å². The Hall–Kier alpha value is -1.25. The van der Waals surface area contributed by atoms with Crippen LogP contribution in [-0.2, 0) is 16.4 Å². The van der Waals surface area contributed by atoms with Crippen LogP contribution in [-0.4, -0.2) is 27.1 Å². The van der Waals surface area contributed by atoms with Gasteiger partial charge in [0.2, 0.25) is 10.0 Å². The monoisotopic (exact) mass is 490 g/mol. The summed E-state index contributed by atoms with van der Waals surface area (Å²) in [6.45, 7) is 2.19. The summed E-state index contributed by atoms with van der Waals surface area (Å²) < 4.78 is 33.9. The van der Waals surface area contributed by atoms with Crippen LogP contribution in [0.3, 0.4) is 0 Å². The van der Waals surface area contributed by atoms with Gasteiger partial charge in [0.05, 0.1) is 17.2 Å². The Balaban J connectivity index is 1.80. The highest BCUT2D eigenvalue weighted by Gasteiger charge is 2.20. The molecule has 0 fully saturated rings. The molecule has 3 aromatic rings. The summed E-state index contributed by atoms with van der Waals surface area (Å²) >= 11 is 15.6. The van der Waals surface area contributed by atoms with Gasteiger partial charge in [-0.05, 0) is 43.2 Å². The first-order valence-corrected chi connectivity index (χ1v) is 11.1. The molecule has 0 aliphatic heterocycles. The standard InChI is InChI=1S/C18H17BrCl2N2O3S/c1-10-12(13-7-11(19)3-4-16(13)23-10)5-6-22-27(24,25)18-9-14(20)17(26-2)8-15(18)21/h3-4,7-9,22-23H,5-6H2,1-2H3. The largest absolute Gasteiger partial charge is 0.495 e. The highest BCUT2D eigenvalue weighted by molar-refractivity contribution is 9.10. The number of benzene rings is 2. The molecule has 1 heterocycles. The van der Waals surface area contributed by atoms with E-state index in [9.17, 15) is 8.42 Å². The van der Waals surface area contributed by atoms with E-state index in [1.54, 1.807) is 0 Å². The Morgan fingerprint density at radius 3 is 2.63 bits per heavy atom. The molecule has 0 saturated heterocycles. The summed E-state index contributed by atoms with van der Waals surface area (Å²) in [5.74, 6) is 0.320. The quantitative estimate of drug-likeness (QED) is 0.505. The number of methoxy groups -OCH3 is 1. The maximum absolute atomic E-state index is 12.6. The van der Waals surface area contributed by atoms with Gasteiger partial charge in [-0.15, -0.1) is 0 Å². The van der Waals surface area contributed by atoms with Crippen LogP contribution in [0.2, 0.25) is 10.0 Å². The number of halogens is 3. The lowest BCUT2D eigenvalue weighted by Crippen LogP contribution is -2.26. The highest BCUT2D eigenvalue weighted by Crippen LogP contribution is 2.33. The summed E-state index contributed by atoms with van der Waals surface area (Å²) in [4.78, 5) is 3.24. The summed E-state index contributed by atoms with van der Waals surface area (Å²) in [6, 6.07) is 8.64. The fourth-order valence-electron chi connectivity index (χ4n) is 2.94.